The number of aryl methyl sites for hydroxylation is 1. The van der Waals surface area contributed by atoms with Crippen molar-refractivity contribution in [2.24, 2.45) is 0 Å². The summed E-state index contributed by atoms with van der Waals surface area (Å²) >= 11 is 7.96. The number of benzene rings is 2. The summed E-state index contributed by atoms with van der Waals surface area (Å²) in [4.78, 5) is 20.8. The summed E-state index contributed by atoms with van der Waals surface area (Å²) in [5.74, 6) is 0.876. The molecule has 4 aromatic rings. The molecule has 8 heteroatoms. The number of hydrogen-bond donors (Lipinski definition) is 1. The van der Waals surface area contributed by atoms with Gasteiger partial charge in [0.05, 0.1) is 11.6 Å². The van der Waals surface area contributed by atoms with E-state index < -0.39 is 6.04 Å². The van der Waals surface area contributed by atoms with E-state index in [0.29, 0.717) is 23.3 Å². The zero-order valence-corrected chi connectivity index (χ0v) is 20.4. The van der Waals surface area contributed by atoms with Gasteiger partial charge >= 0.3 is 6.03 Å². The van der Waals surface area contributed by atoms with Crippen LogP contribution in [0.3, 0.4) is 0 Å². The summed E-state index contributed by atoms with van der Waals surface area (Å²) in [7, 11) is 0. The van der Waals surface area contributed by atoms with Gasteiger partial charge in [-0.2, -0.15) is 4.98 Å². The number of hydrogen-bond acceptors (Lipinski definition) is 5. The molecule has 0 aliphatic carbocycles. The lowest BCUT2D eigenvalue weighted by Crippen LogP contribution is -2.46. The van der Waals surface area contributed by atoms with Crippen molar-refractivity contribution in [1.29, 1.82) is 0 Å². The maximum atomic E-state index is 13.2. The fraction of sp³-hybridized carbons (Fsp3) is 0.192. The van der Waals surface area contributed by atoms with Gasteiger partial charge in [-0.15, -0.1) is 11.3 Å². The molecule has 1 aliphatic rings. The fourth-order valence-electron chi connectivity index (χ4n) is 4.09. The lowest BCUT2D eigenvalue weighted by molar-refractivity contribution is 0.205. The van der Waals surface area contributed by atoms with Crippen molar-refractivity contribution in [1.82, 2.24) is 20.4 Å². The number of nitrogens with one attached hydrogen (secondary N) is 1. The van der Waals surface area contributed by atoms with E-state index in [4.69, 9.17) is 21.1 Å². The van der Waals surface area contributed by atoms with Crippen LogP contribution in [0.1, 0.15) is 34.9 Å². The molecule has 5 rings (SSSR count). The number of carbonyl (C=O) groups is 1. The Morgan fingerprint density at radius 1 is 1.12 bits per heavy atom. The number of carbonyl (C=O) groups excluding carboxylic acids is 1. The normalized spacial score (nSPS) is 16.1. The third-order valence-corrected chi connectivity index (χ3v) is 7.08. The van der Waals surface area contributed by atoms with Crippen molar-refractivity contribution in [3.05, 3.63) is 98.7 Å². The molecule has 3 heterocycles. The summed E-state index contributed by atoms with van der Waals surface area (Å²) in [6.45, 7) is 4.50. The standard InChI is InChI=1S/C26H23ClN4O2S/c1-16-8-10-18(11-9-16)24-29-25(33-30-24)22-17(2)31(13-12-21-7-4-14-34-21)26(32)28-23(22)19-5-3-6-20(27)15-19/h3-11,14-15,23H,12-13H2,1-2H3,(H,28,32). The molecule has 1 aliphatic heterocycles. The second-order valence-electron chi connectivity index (χ2n) is 8.21. The van der Waals surface area contributed by atoms with Crippen LogP contribution in [0.5, 0.6) is 0 Å². The third-order valence-electron chi connectivity index (χ3n) is 5.91. The van der Waals surface area contributed by atoms with E-state index in [2.05, 4.69) is 16.5 Å². The van der Waals surface area contributed by atoms with Crippen molar-refractivity contribution in [3.63, 3.8) is 0 Å². The minimum Gasteiger partial charge on any atom is -0.334 e. The van der Waals surface area contributed by atoms with E-state index >= 15 is 0 Å². The molecule has 172 valence electrons. The van der Waals surface area contributed by atoms with Gasteiger partial charge in [-0.1, -0.05) is 64.8 Å². The number of allylic oxidation sites excluding steroid dienone is 1. The predicted octanol–water partition coefficient (Wildman–Crippen LogP) is 6.50. The molecule has 34 heavy (non-hydrogen) atoms. The summed E-state index contributed by atoms with van der Waals surface area (Å²) in [5.41, 5.74) is 4.42. The predicted molar refractivity (Wildman–Crippen MR) is 135 cm³/mol. The number of thiophene rings is 1. The number of rotatable bonds is 6. The molecule has 0 fully saturated rings. The van der Waals surface area contributed by atoms with Crippen LogP contribution < -0.4 is 5.32 Å². The Balaban J connectivity index is 1.56. The maximum absolute atomic E-state index is 13.2. The Morgan fingerprint density at radius 3 is 2.68 bits per heavy atom. The quantitative estimate of drug-likeness (QED) is 0.335. The Labute approximate surface area is 206 Å². The first kappa shape index (κ1) is 22.4. The van der Waals surface area contributed by atoms with Crippen LogP contribution in [0.4, 0.5) is 4.79 Å². The molecular formula is C26H23ClN4O2S. The lowest BCUT2D eigenvalue weighted by atomic mass is 9.94. The molecule has 2 aromatic carbocycles. The van der Waals surface area contributed by atoms with E-state index in [1.165, 1.54) is 4.88 Å². The minimum absolute atomic E-state index is 0.166. The van der Waals surface area contributed by atoms with Gasteiger partial charge in [-0.05, 0) is 49.4 Å². The number of urea groups is 1. The monoisotopic (exact) mass is 490 g/mol. The number of amides is 2. The van der Waals surface area contributed by atoms with Crippen molar-refractivity contribution < 1.29 is 9.32 Å². The summed E-state index contributed by atoms with van der Waals surface area (Å²) in [5, 5.41) is 9.98. The lowest BCUT2D eigenvalue weighted by Gasteiger charge is -2.35. The van der Waals surface area contributed by atoms with Crippen molar-refractivity contribution >= 4 is 34.5 Å². The van der Waals surface area contributed by atoms with E-state index in [1.54, 1.807) is 16.2 Å². The first-order valence-electron chi connectivity index (χ1n) is 11.0. The molecule has 1 atom stereocenters. The molecule has 0 spiro atoms. The Hall–Kier alpha value is -3.42. The average Bonchev–Trinajstić information content (AvgIpc) is 3.52. The largest absolute Gasteiger partial charge is 0.334 e. The molecular weight excluding hydrogens is 468 g/mol. The maximum Gasteiger partial charge on any atom is 0.322 e. The van der Waals surface area contributed by atoms with E-state index in [0.717, 1.165) is 34.4 Å². The highest BCUT2D eigenvalue weighted by atomic mass is 35.5. The van der Waals surface area contributed by atoms with Crippen LogP contribution in [-0.2, 0) is 6.42 Å². The van der Waals surface area contributed by atoms with Gasteiger partial charge in [0.2, 0.25) is 5.82 Å². The smallest absolute Gasteiger partial charge is 0.322 e. The number of nitrogens with zero attached hydrogens (tertiary/aromatic N) is 3. The van der Waals surface area contributed by atoms with E-state index in [9.17, 15) is 4.79 Å². The van der Waals surface area contributed by atoms with Crippen molar-refractivity contribution in [3.8, 4) is 11.4 Å². The Morgan fingerprint density at radius 2 is 1.94 bits per heavy atom. The number of aromatic nitrogens is 2. The average molecular weight is 491 g/mol. The van der Waals surface area contributed by atoms with Crippen LogP contribution in [0.15, 0.2) is 76.3 Å². The SMILES string of the molecule is CC1=C(c2nc(-c3ccc(C)cc3)no2)C(c2cccc(Cl)c2)NC(=O)N1CCc1cccs1. The van der Waals surface area contributed by atoms with Gasteiger partial charge in [0.15, 0.2) is 0 Å². The molecule has 2 aromatic heterocycles. The minimum atomic E-state index is -0.462. The van der Waals surface area contributed by atoms with Gasteiger partial charge < -0.3 is 9.84 Å². The topological polar surface area (TPSA) is 71.3 Å². The van der Waals surface area contributed by atoms with Crippen LogP contribution in [0.25, 0.3) is 17.0 Å². The first-order valence-corrected chi connectivity index (χ1v) is 12.2. The second kappa shape index (κ2) is 9.44. The fourth-order valence-corrected chi connectivity index (χ4v) is 4.99. The van der Waals surface area contributed by atoms with Crippen molar-refractivity contribution in [2.45, 2.75) is 26.3 Å². The van der Waals surface area contributed by atoms with Crippen LogP contribution >= 0.6 is 22.9 Å². The molecule has 0 saturated carbocycles. The van der Waals surface area contributed by atoms with E-state index in [-0.39, 0.29) is 6.03 Å². The summed E-state index contributed by atoms with van der Waals surface area (Å²) in [6, 6.07) is 18.9. The molecule has 0 radical (unpaired) electrons. The highest BCUT2D eigenvalue weighted by molar-refractivity contribution is 7.09. The van der Waals surface area contributed by atoms with Gasteiger partial charge in [-0.3, -0.25) is 4.90 Å². The second-order valence-corrected chi connectivity index (χ2v) is 9.68. The van der Waals surface area contributed by atoms with Gasteiger partial charge in [0, 0.05) is 27.7 Å². The van der Waals surface area contributed by atoms with Crippen molar-refractivity contribution in [2.75, 3.05) is 6.54 Å². The first-order chi connectivity index (χ1) is 16.5. The Bertz CT molecular complexity index is 1350. The zero-order valence-electron chi connectivity index (χ0n) is 18.8. The molecule has 0 bridgehead atoms. The summed E-state index contributed by atoms with van der Waals surface area (Å²) < 4.78 is 5.75. The highest BCUT2D eigenvalue weighted by Gasteiger charge is 2.35. The van der Waals surface area contributed by atoms with Gasteiger partial charge in [0.1, 0.15) is 0 Å². The van der Waals surface area contributed by atoms with Crippen LogP contribution in [0, 0.1) is 6.92 Å². The van der Waals surface area contributed by atoms with Gasteiger partial charge in [-0.25, -0.2) is 4.79 Å². The molecule has 0 saturated heterocycles. The number of halogens is 1. The van der Waals surface area contributed by atoms with Gasteiger partial charge in [0.25, 0.3) is 5.89 Å². The third kappa shape index (κ3) is 4.49. The highest BCUT2D eigenvalue weighted by Crippen LogP contribution is 2.38. The molecule has 1 unspecified atom stereocenters. The summed E-state index contributed by atoms with van der Waals surface area (Å²) in [6.07, 6.45) is 0.760. The van der Waals surface area contributed by atoms with Crippen LogP contribution in [-0.4, -0.2) is 27.6 Å². The van der Waals surface area contributed by atoms with E-state index in [1.807, 2.05) is 73.8 Å². The van der Waals surface area contributed by atoms with Crippen LogP contribution in [0.2, 0.25) is 5.02 Å². The molecule has 2 amide bonds. The molecule has 1 N–H and O–H groups in total. The molecule has 6 nitrogen and oxygen atoms in total. The Kier molecular flexibility index (Phi) is 6.22. The zero-order chi connectivity index (χ0) is 23.7.